The molecule has 0 aromatic carbocycles. The Labute approximate surface area is 89.1 Å². The number of hydrogen-bond acceptors (Lipinski definition) is 2. The molecule has 0 saturated carbocycles. The Morgan fingerprint density at radius 1 is 1.14 bits per heavy atom. The van der Waals surface area contributed by atoms with Gasteiger partial charge in [-0.05, 0) is 45.2 Å². The predicted molar refractivity (Wildman–Crippen MR) is 62.5 cm³/mol. The van der Waals surface area contributed by atoms with Gasteiger partial charge in [-0.15, -0.1) is 0 Å². The maximum atomic E-state index is 3.49. The molecule has 0 aromatic rings. The third-order valence-corrected chi connectivity index (χ3v) is 3.43. The van der Waals surface area contributed by atoms with Gasteiger partial charge in [-0.3, -0.25) is 0 Å². The number of nitrogens with zero attached hydrogens (tertiary/aromatic N) is 1. The van der Waals surface area contributed by atoms with E-state index in [1.165, 1.54) is 32.6 Å². The van der Waals surface area contributed by atoms with Crippen LogP contribution in [0.2, 0.25) is 0 Å². The highest BCUT2D eigenvalue weighted by molar-refractivity contribution is 4.89. The van der Waals surface area contributed by atoms with Crippen LogP contribution in [0.5, 0.6) is 0 Å². The lowest BCUT2D eigenvalue weighted by Gasteiger charge is -2.24. The van der Waals surface area contributed by atoms with Crippen LogP contribution in [0.3, 0.4) is 0 Å². The number of rotatable bonds is 1. The summed E-state index contributed by atoms with van der Waals surface area (Å²) < 4.78 is 0. The minimum Gasteiger partial charge on any atom is -0.316 e. The van der Waals surface area contributed by atoms with Gasteiger partial charge in [0, 0.05) is 19.1 Å². The molecule has 2 unspecified atom stereocenters. The van der Waals surface area contributed by atoms with Crippen LogP contribution < -0.4 is 5.32 Å². The lowest BCUT2D eigenvalue weighted by Crippen LogP contribution is -2.35. The van der Waals surface area contributed by atoms with Gasteiger partial charge in [-0.1, -0.05) is 13.8 Å². The molecule has 0 spiro atoms. The number of likely N-dealkylation sites (tertiary alicyclic amines) is 1. The van der Waals surface area contributed by atoms with E-state index in [-0.39, 0.29) is 0 Å². The molecule has 14 heavy (non-hydrogen) atoms. The molecular formula is C12H26N2. The molecule has 0 bridgehead atoms. The van der Waals surface area contributed by atoms with E-state index in [1.807, 2.05) is 13.8 Å². The highest BCUT2D eigenvalue weighted by atomic mass is 15.2. The normalized spacial score (nSPS) is 32.4. The van der Waals surface area contributed by atoms with Crippen molar-refractivity contribution in [3.63, 3.8) is 0 Å². The first-order valence-electron chi connectivity index (χ1n) is 6.22. The van der Waals surface area contributed by atoms with Crippen molar-refractivity contribution in [2.24, 2.45) is 11.8 Å². The summed E-state index contributed by atoms with van der Waals surface area (Å²) in [7, 11) is 0. The molecule has 0 aromatic heterocycles. The number of hydrogen-bond donors (Lipinski definition) is 1. The van der Waals surface area contributed by atoms with Crippen LogP contribution in [0.15, 0.2) is 0 Å². The predicted octanol–water partition coefficient (Wildman–Crippen LogP) is 1.96. The van der Waals surface area contributed by atoms with Gasteiger partial charge in [0.05, 0.1) is 0 Å². The highest BCUT2D eigenvalue weighted by Crippen LogP contribution is 2.28. The molecule has 2 heteroatoms. The molecule has 1 N–H and O–H groups in total. The van der Waals surface area contributed by atoms with Crippen molar-refractivity contribution in [3.8, 4) is 0 Å². The van der Waals surface area contributed by atoms with Gasteiger partial charge in [-0.25, -0.2) is 0 Å². The van der Waals surface area contributed by atoms with Gasteiger partial charge < -0.3 is 10.2 Å². The smallest absolute Gasteiger partial charge is 0.00388 e. The minimum absolute atomic E-state index is 0.746. The molecular weight excluding hydrogens is 172 g/mol. The van der Waals surface area contributed by atoms with Crippen molar-refractivity contribution in [2.45, 2.75) is 40.2 Å². The zero-order valence-electron chi connectivity index (χ0n) is 10.2. The molecule has 84 valence electrons. The Kier molecular flexibility index (Phi) is 4.90. The Morgan fingerprint density at radius 2 is 1.79 bits per heavy atom. The van der Waals surface area contributed by atoms with Crippen LogP contribution in [0.4, 0.5) is 0 Å². The molecule has 2 fully saturated rings. The summed E-state index contributed by atoms with van der Waals surface area (Å²) in [4.78, 5) is 2.63. The lowest BCUT2D eigenvalue weighted by atomic mass is 9.90. The van der Waals surface area contributed by atoms with Crippen LogP contribution in [-0.4, -0.2) is 37.1 Å². The number of fused-ring (bicyclic) bond motifs is 1. The first kappa shape index (κ1) is 12.0. The fraction of sp³-hybridized carbons (Fsp3) is 1.00. The largest absolute Gasteiger partial charge is 0.316 e. The van der Waals surface area contributed by atoms with Crippen LogP contribution in [0.1, 0.15) is 34.1 Å². The average Bonchev–Trinajstić information content (AvgIpc) is 2.64. The fourth-order valence-corrected chi connectivity index (χ4v) is 2.53. The molecule has 2 aliphatic rings. The second-order valence-electron chi connectivity index (χ2n) is 4.56. The summed E-state index contributed by atoms with van der Waals surface area (Å²) in [6.45, 7) is 13.8. The van der Waals surface area contributed by atoms with Crippen molar-refractivity contribution >= 4 is 0 Å². The fourth-order valence-electron chi connectivity index (χ4n) is 2.53. The summed E-state index contributed by atoms with van der Waals surface area (Å²) in [5.41, 5.74) is 0. The van der Waals surface area contributed by atoms with E-state index in [2.05, 4.69) is 24.1 Å². The van der Waals surface area contributed by atoms with E-state index in [0.717, 1.165) is 17.9 Å². The summed E-state index contributed by atoms with van der Waals surface area (Å²) in [5.74, 6) is 1.94. The summed E-state index contributed by atoms with van der Waals surface area (Å²) >= 11 is 0. The average molecular weight is 198 g/mol. The van der Waals surface area contributed by atoms with Gasteiger partial charge >= 0.3 is 0 Å². The summed E-state index contributed by atoms with van der Waals surface area (Å²) in [6, 6.07) is 0.746. The minimum atomic E-state index is 0.746. The summed E-state index contributed by atoms with van der Waals surface area (Å²) in [6.07, 6.45) is 1.40. The van der Waals surface area contributed by atoms with E-state index < -0.39 is 0 Å². The summed E-state index contributed by atoms with van der Waals surface area (Å²) in [5, 5.41) is 3.49. The van der Waals surface area contributed by atoms with Crippen LogP contribution >= 0.6 is 0 Å². The Balaban J connectivity index is 0.000000461. The van der Waals surface area contributed by atoms with Gasteiger partial charge in [-0.2, -0.15) is 0 Å². The van der Waals surface area contributed by atoms with Crippen LogP contribution in [0, 0.1) is 11.8 Å². The molecule has 0 aliphatic carbocycles. The molecule has 2 nitrogen and oxygen atoms in total. The van der Waals surface area contributed by atoms with Gasteiger partial charge in [0.1, 0.15) is 0 Å². The molecule has 2 rings (SSSR count). The Hall–Kier alpha value is -0.0800. The van der Waals surface area contributed by atoms with Gasteiger partial charge in [0.25, 0.3) is 0 Å². The first-order chi connectivity index (χ1) is 6.77. The lowest BCUT2D eigenvalue weighted by molar-refractivity contribution is 0.262. The van der Waals surface area contributed by atoms with Gasteiger partial charge in [0.15, 0.2) is 0 Å². The van der Waals surface area contributed by atoms with Gasteiger partial charge in [0.2, 0.25) is 0 Å². The van der Waals surface area contributed by atoms with Crippen LogP contribution in [0.25, 0.3) is 0 Å². The molecule has 2 aliphatic heterocycles. The van der Waals surface area contributed by atoms with E-state index in [0.29, 0.717) is 0 Å². The Morgan fingerprint density at radius 3 is 2.36 bits per heavy atom. The first-order valence-corrected chi connectivity index (χ1v) is 6.22. The SMILES string of the molecule is CC.CC(C)N1CC2CCNCC2C1. The maximum absolute atomic E-state index is 3.49. The molecule has 0 amide bonds. The van der Waals surface area contributed by atoms with E-state index >= 15 is 0 Å². The van der Waals surface area contributed by atoms with E-state index in [1.54, 1.807) is 0 Å². The zero-order chi connectivity index (χ0) is 10.6. The van der Waals surface area contributed by atoms with E-state index in [9.17, 15) is 0 Å². The Bertz CT molecular complexity index is 142. The zero-order valence-corrected chi connectivity index (χ0v) is 10.2. The quantitative estimate of drug-likeness (QED) is 0.693. The van der Waals surface area contributed by atoms with Crippen molar-refractivity contribution in [1.82, 2.24) is 10.2 Å². The van der Waals surface area contributed by atoms with Crippen molar-refractivity contribution in [1.29, 1.82) is 0 Å². The van der Waals surface area contributed by atoms with Crippen molar-refractivity contribution < 1.29 is 0 Å². The standard InChI is InChI=1S/C10H20N2.C2H6/c1-8(2)12-6-9-3-4-11-5-10(9)7-12;1-2/h8-11H,3-7H2,1-2H3;1-2H3. The molecule has 2 atom stereocenters. The molecule has 2 saturated heterocycles. The second kappa shape index (κ2) is 5.72. The van der Waals surface area contributed by atoms with Crippen molar-refractivity contribution in [2.75, 3.05) is 26.2 Å². The molecule has 0 radical (unpaired) electrons. The van der Waals surface area contributed by atoms with E-state index in [4.69, 9.17) is 0 Å². The third kappa shape index (κ3) is 2.71. The molecule has 2 heterocycles. The number of nitrogens with one attached hydrogen (secondary N) is 1. The van der Waals surface area contributed by atoms with Crippen LogP contribution in [-0.2, 0) is 0 Å². The monoisotopic (exact) mass is 198 g/mol. The number of piperidine rings is 1. The highest BCUT2D eigenvalue weighted by Gasteiger charge is 2.34. The topological polar surface area (TPSA) is 15.3 Å². The third-order valence-electron chi connectivity index (χ3n) is 3.43. The second-order valence-corrected chi connectivity index (χ2v) is 4.56. The maximum Gasteiger partial charge on any atom is 0.00388 e. The van der Waals surface area contributed by atoms with Crippen molar-refractivity contribution in [3.05, 3.63) is 0 Å².